The van der Waals surface area contributed by atoms with E-state index in [9.17, 15) is 14.7 Å². The first kappa shape index (κ1) is 16.8. The Balaban J connectivity index is 1.76. The zero-order chi connectivity index (χ0) is 18.4. The molecular formula is C20H20N2O4. The number of imide groups is 1. The van der Waals surface area contributed by atoms with Gasteiger partial charge in [0.2, 0.25) is 5.91 Å². The average Bonchev–Trinajstić information content (AvgIpc) is 3.11. The van der Waals surface area contributed by atoms with E-state index in [4.69, 9.17) is 4.84 Å². The molecule has 2 aromatic rings. The predicted molar refractivity (Wildman–Crippen MR) is 93.8 cm³/mol. The number of hydrogen-bond donors (Lipinski definition) is 2. The molecule has 0 aliphatic carbocycles. The van der Waals surface area contributed by atoms with Gasteiger partial charge in [0, 0.05) is 6.54 Å². The number of fused-ring (bicyclic) bond motifs is 1. The van der Waals surface area contributed by atoms with Gasteiger partial charge in [-0.25, -0.2) is 0 Å². The van der Waals surface area contributed by atoms with Crippen LogP contribution >= 0.6 is 0 Å². The van der Waals surface area contributed by atoms with Gasteiger partial charge in [0.15, 0.2) is 6.10 Å². The van der Waals surface area contributed by atoms with Gasteiger partial charge in [0.25, 0.3) is 5.91 Å². The van der Waals surface area contributed by atoms with Crippen LogP contribution in [-0.2, 0) is 21.0 Å². The Morgan fingerprint density at radius 3 is 2.38 bits per heavy atom. The van der Waals surface area contributed by atoms with E-state index in [0.717, 1.165) is 22.3 Å². The third-order valence-electron chi connectivity index (χ3n) is 5.07. The molecule has 0 aromatic heterocycles. The number of aryl methyl sites for hydroxylation is 2. The van der Waals surface area contributed by atoms with Crippen molar-refractivity contribution in [3.05, 3.63) is 64.7 Å². The van der Waals surface area contributed by atoms with Gasteiger partial charge >= 0.3 is 0 Å². The van der Waals surface area contributed by atoms with Crippen LogP contribution in [0.4, 0.5) is 0 Å². The van der Waals surface area contributed by atoms with Crippen LogP contribution in [0.25, 0.3) is 0 Å². The molecule has 3 atom stereocenters. The summed E-state index contributed by atoms with van der Waals surface area (Å²) in [7, 11) is 0. The van der Waals surface area contributed by atoms with Gasteiger partial charge in [-0.3, -0.25) is 19.7 Å². The van der Waals surface area contributed by atoms with Gasteiger partial charge in [-0.05, 0) is 36.1 Å². The number of hydrogen-bond acceptors (Lipinski definition) is 5. The van der Waals surface area contributed by atoms with Crippen LogP contribution in [0.2, 0.25) is 0 Å². The van der Waals surface area contributed by atoms with Crippen molar-refractivity contribution in [3.8, 4) is 5.75 Å². The predicted octanol–water partition coefficient (Wildman–Crippen LogP) is 2.14. The molecule has 2 N–H and O–H groups in total. The Bertz CT molecular complexity index is 858. The van der Waals surface area contributed by atoms with Crippen molar-refractivity contribution in [3.63, 3.8) is 0 Å². The number of phenolic OH excluding ortho intramolecular Hbond substituents is 1. The molecule has 6 heteroatoms. The molecule has 2 aliphatic rings. The van der Waals surface area contributed by atoms with E-state index in [-0.39, 0.29) is 11.7 Å². The molecule has 4 rings (SSSR count). The highest BCUT2D eigenvalue weighted by Crippen LogP contribution is 2.44. The lowest BCUT2D eigenvalue weighted by atomic mass is 9.89. The van der Waals surface area contributed by atoms with Crippen molar-refractivity contribution in [1.29, 1.82) is 0 Å². The number of aromatic hydroxyl groups is 1. The molecule has 134 valence electrons. The Labute approximate surface area is 151 Å². The van der Waals surface area contributed by atoms with Gasteiger partial charge < -0.3 is 5.11 Å². The van der Waals surface area contributed by atoms with Gasteiger partial charge in [-0.1, -0.05) is 42.5 Å². The van der Waals surface area contributed by atoms with Gasteiger partial charge in [-0.15, -0.1) is 0 Å². The number of rotatable bonds is 3. The molecule has 3 unspecified atom stereocenters. The number of carbonyl (C=O) groups excluding carboxylic acids is 2. The quantitative estimate of drug-likeness (QED) is 0.828. The first-order chi connectivity index (χ1) is 12.5. The van der Waals surface area contributed by atoms with Crippen LogP contribution in [0.3, 0.4) is 0 Å². The smallest absolute Gasteiger partial charge is 0.258 e. The molecule has 2 saturated heterocycles. The summed E-state index contributed by atoms with van der Waals surface area (Å²) in [4.78, 5) is 30.4. The summed E-state index contributed by atoms with van der Waals surface area (Å²) < 4.78 is 0. The summed E-state index contributed by atoms with van der Waals surface area (Å²) in [5.41, 5.74) is 3.34. The molecule has 2 heterocycles. The van der Waals surface area contributed by atoms with Crippen molar-refractivity contribution >= 4 is 11.8 Å². The summed E-state index contributed by atoms with van der Waals surface area (Å²) in [5, 5.41) is 14.2. The molecule has 2 fully saturated rings. The van der Waals surface area contributed by atoms with Crippen LogP contribution in [-0.4, -0.2) is 28.1 Å². The van der Waals surface area contributed by atoms with Crippen LogP contribution in [0, 0.1) is 19.8 Å². The second kappa shape index (κ2) is 6.23. The SMILES string of the molecule is Cc1cc(C2C3C(=O)NC(=O)C3ON2Cc2ccccc2)cc(C)c1O. The van der Waals surface area contributed by atoms with Crippen molar-refractivity contribution in [2.45, 2.75) is 32.5 Å². The minimum atomic E-state index is -0.814. The second-order valence-corrected chi connectivity index (χ2v) is 6.91. The Morgan fingerprint density at radius 2 is 1.73 bits per heavy atom. The van der Waals surface area contributed by atoms with E-state index in [1.807, 2.05) is 56.3 Å². The number of nitrogens with one attached hydrogen (secondary N) is 1. The second-order valence-electron chi connectivity index (χ2n) is 6.91. The van der Waals surface area contributed by atoms with Crippen LogP contribution in [0.1, 0.15) is 28.3 Å². The van der Waals surface area contributed by atoms with E-state index < -0.39 is 24.0 Å². The first-order valence-electron chi connectivity index (χ1n) is 8.58. The maximum Gasteiger partial charge on any atom is 0.258 e. The number of carbonyl (C=O) groups is 2. The molecule has 2 amide bonds. The zero-order valence-corrected chi connectivity index (χ0v) is 14.6. The molecule has 0 spiro atoms. The van der Waals surface area contributed by atoms with Crippen molar-refractivity contribution in [2.75, 3.05) is 0 Å². The van der Waals surface area contributed by atoms with Crippen molar-refractivity contribution < 1.29 is 19.5 Å². The van der Waals surface area contributed by atoms with E-state index in [0.29, 0.717) is 6.54 Å². The van der Waals surface area contributed by atoms with Gasteiger partial charge in [-0.2, -0.15) is 5.06 Å². The van der Waals surface area contributed by atoms with Crippen LogP contribution < -0.4 is 5.32 Å². The van der Waals surface area contributed by atoms with E-state index in [2.05, 4.69) is 5.32 Å². The van der Waals surface area contributed by atoms with E-state index >= 15 is 0 Å². The topological polar surface area (TPSA) is 78.9 Å². The fraction of sp³-hybridized carbons (Fsp3) is 0.300. The minimum absolute atomic E-state index is 0.241. The Hall–Kier alpha value is -2.70. The number of amides is 2. The lowest BCUT2D eigenvalue weighted by Crippen LogP contribution is -2.33. The highest BCUT2D eigenvalue weighted by Gasteiger charge is 2.56. The average molecular weight is 352 g/mol. The van der Waals surface area contributed by atoms with Crippen molar-refractivity contribution in [2.24, 2.45) is 5.92 Å². The fourth-order valence-corrected chi connectivity index (χ4v) is 3.82. The maximum atomic E-state index is 12.4. The standard InChI is InChI=1S/C20H20N2O4/c1-11-8-14(9-12(2)17(11)23)16-15-18(20(25)21-19(15)24)26-22(16)10-13-6-4-3-5-7-13/h3-9,15-16,18,23H,10H2,1-2H3,(H,21,24,25). The third kappa shape index (κ3) is 2.67. The molecular weight excluding hydrogens is 332 g/mol. The lowest BCUT2D eigenvalue weighted by molar-refractivity contribution is -0.178. The molecule has 0 bridgehead atoms. The molecule has 2 aliphatic heterocycles. The van der Waals surface area contributed by atoms with Crippen LogP contribution in [0.15, 0.2) is 42.5 Å². The van der Waals surface area contributed by atoms with Gasteiger partial charge in [0.1, 0.15) is 5.75 Å². The molecule has 26 heavy (non-hydrogen) atoms. The number of nitrogens with zero attached hydrogens (tertiary/aromatic N) is 1. The minimum Gasteiger partial charge on any atom is -0.507 e. The monoisotopic (exact) mass is 352 g/mol. The summed E-state index contributed by atoms with van der Waals surface area (Å²) in [5.74, 6) is -1.07. The van der Waals surface area contributed by atoms with E-state index in [1.54, 1.807) is 5.06 Å². The molecule has 2 aromatic carbocycles. The first-order valence-corrected chi connectivity index (χ1v) is 8.58. The maximum absolute atomic E-state index is 12.4. The molecule has 0 radical (unpaired) electrons. The molecule has 6 nitrogen and oxygen atoms in total. The largest absolute Gasteiger partial charge is 0.507 e. The summed E-state index contributed by atoms with van der Waals surface area (Å²) >= 11 is 0. The number of hydroxylamine groups is 2. The Kier molecular flexibility index (Phi) is 4.01. The Morgan fingerprint density at radius 1 is 1.08 bits per heavy atom. The third-order valence-corrected chi connectivity index (χ3v) is 5.07. The fourth-order valence-electron chi connectivity index (χ4n) is 3.82. The normalized spacial score (nSPS) is 25.4. The number of benzene rings is 2. The summed E-state index contributed by atoms with van der Waals surface area (Å²) in [6.45, 7) is 4.10. The highest BCUT2D eigenvalue weighted by molar-refractivity contribution is 6.07. The zero-order valence-electron chi connectivity index (χ0n) is 14.6. The number of phenols is 1. The summed E-state index contributed by atoms with van der Waals surface area (Å²) in [6.07, 6.45) is -0.814. The van der Waals surface area contributed by atoms with Gasteiger partial charge in [0.05, 0.1) is 12.0 Å². The van der Waals surface area contributed by atoms with E-state index in [1.165, 1.54) is 0 Å². The van der Waals surface area contributed by atoms with Crippen molar-refractivity contribution in [1.82, 2.24) is 10.4 Å². The van der Waals surface area contributed by atoms with Crippen LogP contribution in [0.5, 0.6) is 5.75 Å². The highest BCUT2D eigenvalue weighted by atomic mass is 16.7. The lowest BCUT2D eigenvalue weighted by Gasteiger charge is -2.26. The summed E-state index contributed by atoms with van der Waals surface area (Å²) in [6, 6.07) is 13.1. The molecule has 0 saturated carbocycles.